The van der Waals surface area contributed by atoms with Gasteiger partial charge in [0.1, 0.15) is 11.4 Å². The molecule has 9 heteroatoms. The Labute approximate surface area is 193 Å². The van der Waals surface area contributed by atoms with Crippen LogP contribution in [-0.4, -0.2) is 59.0 Å². The highest BCUT2D eigenvalue weighted by Gasteiger charge is 2.14. The number of aromatic nitrogens is 2. The number of nitrogens with zero attached hydrogens (tertiary/aromatic N) is 3. The van der Waals surface area contributed by atoms with Gasteiger partial charge in [-0.15, -0.1) is 11.3 Å². The van der Waals surface area contributed by atoms with E-state index in [0.717, 1.165) is 23.4 Å². The molecule has 1 saturated heterocycles. The molecule has 3 rings (SSSR count). The molecule has 2 N–H and O–H groups in total. The molecule has 2 aromatic heterocycles. The van der Waals surface area contributed by atoms with Crippen LogP contribution in [0.25, 0.3) is 10.2 Å². The largest absolute Gasteiger partial charge is 0.356 e. The summed E-state index contributed by atoms with van der Waals surface area (Å²) in [5.74, 6) is -0.236. The van der Waals surface area contributed by atoms with E-state index in [-0.39, 0.29) is 23.9 Å². The van der Waals surface area contributed by atoms with Gasteiger partial charge in [-0.2, -0.15) is 0 Å². The smallest absolute Gasteiger partial charge is 0.262 e. The summed E-state index contributed by atoms with van der Waals surface area (Å²) in [7, 11) is 0. The highest BCUT2D eigenvalue weighted by atomic mass is 32.1. The molecular formula is C23H35N5O3S. The zero-order valence-electron chi connectivity index (χ0n) is 19.2. The number of amides is 2. The van der Waals surface area contributed by atoms with Crippen LogP contribution in [0.15, 0.2) is 11.1 Å². The molecule has 0 saturated carbocycles. The highest BCUT2D eigenvalue weighted by Crippen LogP contribution is 2.25. The number of likely N-dealkylation sites (tertiary alicyclic amines) is 1. The molecule has 0 atom stereocenters. The Morgan fingerprint density at radius 3 is 2.47 bits per heavy atom. The minimum absolute atomic E-state index is 0.0179. The van der Waals surface area contributed by atoms with Crippen molar-refractivity contribution in [2.45, 2.75) is 65.3 Å². The molecule has 0 unspecified atom stereocenters. The number of fused-ring (bicyclic) bond motifs is 1. The summed E-state index contributed by atoms with van der Waals surface area (Å²) in [6, 6.07) is 0. The van der Waals surface area contributed by atoms with Crippen LogP contribution >= 0.6 is 11.3 Å². The van der Waals surface area contributed by atoms with E-state index in [1.807, 2.05) is 13.8 Å². The maximum atomic E-state index is 12.7. The quantitative estimate of drug-likeness (QED) is 0.530. The number of rotatable bonds is 10. The third-order valence-electron chi connectivity index (χ3n) is 6.04. The topological polar surface area (TPSA) is 96.3 Å². The van der Waals surface area contributed by atoms with Gasteiger partial charge in [-0.25, -0.2) is 4.98 Å². The van der Waals surface area contributed by atoms with Crippen molar-refractivity contribution >= 4 is 33.4 Å². The van der Waals surface area contributed by atoms with Gasteiger partial charge in [-0.05, 0) is 64.7 Å². The van der Waals surface area contributed by atoms with Gasteiger partial charge < -0.3 is 15.5 Å². The fourth-order valence-electron chi connectivity index (χ4n) is 4.05. The minimum Gasteiger partial charge on any atom is -0.356 e. The van der Waals surface area contributed by atoms with Gasteiger partial charge in [-0.1, -0.05) is 12.8 Å². The third-order valence-corrected chi connectivity index (χ3v) is 7.16. The van der Waals surface area contributed by atoms with E-state index in [2.05, 4.69) is 20.5 Å². The van der Waals surface area contributed by atoms with Crippen LogP contribution in [0.2, 0.25) is 0 Å². The molecule has 8 nitrogen and oxygen atoms in total. The summed E-state index contributed by atoms with van der Waals surface area (Å²) in [6.07, 6.45) is 8.58. The van der Waals surface area contributed by atoms with E-state index < -0.39 is 0 Å². The van der Waals surface area contributed by atoms with E-state index in [1.165, 1.54) is 61.0 Å². The lowest BCUT2D eigenvalue weighted by atomic mass is 10.2. The Balaban J connectivity index is 1.31. The average molecular weight is 462 g/mol. The van der Waals surface area contributed by atoms with Crippen molar-refractivity contribution in [1.29, 1.82) is 0 Å². The zero-order chi connectivity index (χ0) is 22.9. The lowest BCUT2D eigenvalue weighted by Gasteiger charge is -2.19. The Morgan fingerprint density at radius 1 is 1.03 bits per heavy atom. The number of carbonyl (C=O) groups is 2. The molecule has 2 aromatic rings. The molecule has 0 bridgehead atoms. The Hall–Kier alpha value is -2.26. The van der Waals surface area contributed by atoms with E-state index in [1.54, 1.807) is 0 Å². The minimum atomic E-state index is -0.254. The number of nitrogens with one attached hydrogen (secondary N) is 2. The first-order valence-corrected chi connectivity index (χ1v) is 12.5. The lowest BCUT2D eigenvalue weighted by molar-refractivity contribution is -0.123. The van der Waals surface area contributed by atoms with E-state index in [9.17, 15) is 14.4 Å². The summed E-state index contributed by atoms with van der Waals surface area (Å²) in [5, 5.41) is 6.35. The second kappa shape index (κ2) is 12.1. The van der Waals surface area contributed by atoms with Gasteiger partial charge in [0, 0.05) is 24.4 Å². The highest BCUT2D eigenvalue weighted by molar-refractivity contribution is 7.18. The molecule has 0 aliphatic carbocycles. The van der Waals surface area contributed by atoms with Crippen molar-refractivity contribution in [3.8, 4) is 0 Å². The SMILES string of the molecule is Cc1sc2ncn(CC(=O)NCCCC(=O)NCCCN3CCCCCC3)c(=O)c2c1C. The van der Waals surface area contributed by atoms with Crippen LogP contribution in [0.1, 0.15) is 55.4 Å². The predicted molar refractivity (Wildman–Crippen MR) is 128 cm³/mol. The first-order chi connectivity index (χ1) is 15.5. The molecule has 176 valence electrons. The molecule has 0 aromatic carbocycles. The molecule has 0 spiro atoms. The summed E-state index contributed by atoms with van der Waals surface area (Å²) >= 11 is 1.49. The second-order valence-corrected chi connectivity index (χ2v) is 9.76. The maximum absolute atomic E-state index is 12.7. The van der Waals surface area contributed by atoms with Crippen LogP contribution in [0.3, 0.4) is 0 Å². The molecule has 0 radical (unpaired) electrons. The second-order valence-electron chi connectivity index (χ2n) is 8.55. The molecule has 32 heavy (non-hydrogen) atoms. The third kappa shape index (κ3) is 6.87. The Bertz CT molecular complexity index is 976. The van der Waals surface area contributed by atoms with E-state index in [4.69, 9.17) is 0 Å². The molecule has 1 aliphatic heterocycles. The maximum Gasteiger partial charge on any atom is 0.262 e. The first-order valence-electron chi connectivity index (χ1n) is 11.7. The molecule has 1 fully saturated rings. The van der Waals surface area contributed by atoms with E-state index >= 15 is 0 Å². The van der Waals surface area contributed by atoms with Crippen LogP contribution in [-0.2, 0) is 16.1 Å². The van der Waals surface area contributed by atoms with Crippen molar-refractivity contribution in [1.82, 2.24) is 25.1 Å². The fraction of sp³-hybridized carbons (Fsp3) is 0.652. The van der Waals surface area contributed by atoms with Crippen LogP contribution in [0, 0.1) is 13.8 Å². The predicted octanol–water partition coefficient (Wildman–Crippen LogP) is 2.35. The van der Waals surface area contributed by atoms with Gasteiger partial charge >= 0.3 is 0 Å². The Kier molecular flexibility index (Phi) is 9.23. The van der Waals surface area contributed by atoms with Crippen molar-refractivity contribution in [3.05, 3.63) is 27.1 Å². The van der Waals surface area contributed by atoms with Crippen molar-refractivity contribution in [3.63, 3.8) is 0 Å². The van der Waals surface area contributed by atoms with Gasteiger partial charge in [-0.3, -0.25) is 19.0 Å². The van der Waals surface area contributed by atoms with Gasteiger partial charge in [0.2, 0.25) is 11.8 Å². The molecule has 1 aliphatic rings. The van der Waals surface area contributed by atoms with Crippen LogP contribution in [0.5, 0.6) is 0 Å². The number of aryl methyl sites for hydroxylation is 2. The Morgan fingerprint density at radius 2 is 1.72 bits per heavy atom. The molecule has 2 amide bonds. The molecule has 3 heterocycles. The van der Waals surface area contributed by atoms with Gasteiger partial charge in [0.25, 0.3) is 5.56 Å². The standard InChI is InChI=1S/C23H35N5O3S/c1-17-18(2)32-22-21(17)23(31)28(16-26-22)15-20(30)25-10-7-9-19(29)24-11-8-14-27-12-5-3-4-6-13-27/h16H,3-15H2,1-2H3,(H,24,29)(H,25,30). The lowest BCUT2D eigenvalue weighted by Crippen LogP contribution is -2.34. The van der Waals surface area contributed by atoms with Crippen molar-refractivity contribution in [2.75, 3.05) is 32.7 Å². The zero-order valence-corrected chi connectivity index (χ0v) is 20.1. The summed E-state index contributed by atoms with van der Waals surface area (Å²) < 4.78 is 1.34. The van der Waals surface area contributed by atoms with Gasteiger partial charge in [0.15, 0.2) is 0 Å². The summed E-state index contributed by atoms with van der Waals surface area (Å²) in [5.41, 5.74) is 0.737. The van der Waals surface area contributed by atoms with Crippen LogP contribution in [0.4, 0.5) is 0 Å². The number of hydrogen-bond donors (Lipinski definition) is 2. The fourth-order valence-corrected chi connectivity index (χ4v) is 5.04. The summed E-state index contributed by atoms with van der Waals surface area (Å²) in [4.78, 5) is 45.4. The monoisotopic (exact) mass is 461 g/mol. The molecular weight excluding hydrogens is 426 g/mol. The summed E-state index contributed by atoms with van der Waals surface area (Å²) in [6.45, 7) is 8.29. The van der Waals surface area contributed by atoms with Gasteiger partial charge in [0.05, 0.1) is 11.7 Å². The average Bonchev–Trinajstić information content (AvgIpc) is 2.93. The van der Waals surface area contributed by atoms with Crippen LogP contribution < -0.4 is 16.2 Å². The van der Waals surface area contributed by atoms with E-state index in [0.29, 0.717) is 36.1 Å². The van der Waals surface area contributed by atoms with Crippen molar-refractivity contribution < 1.29 is 9.59 Å². The number of carbonyl (C=O) groups excluding carboxylic acids is 2. The normalized spacial score (nSPS) is 14.9. The first kappa shape index (κ1) is 24.4. The number of hydrogen-bond acceptors (Lipinski definition) is 6. The van der Waals surface area contributed by atoms with Crippen molar-refractivity contribution in [2.24, 2.45) is 0 Å². The number of thiophene rings is 1.